The SMILES string of the molecule is Clc1c2c(nc3ccc(I)cc13)CCOC2. The quantitative estimate of drug-likeness (QED) is 0.681. The second-order valence-corrected chi connectivity index (χ2v) is 5.44. The summed E-state index contributed by atoms with van der Waals surface area (Å²) in [4.78, 5) is 4.65. The number of pyridine rings is 1. The number of nitrogens with zero attached hydrogens (tertiary/aromatic N) is 1. The van der Waals surface area contributed by atoms with Gasteiger partial charge in [-0.25, -0.2) is 0 Å². The number of hydrogen-bond donors (Lipinski definition) is 0. The molecule has 2 aromatic rings. The fraction of sp³-hybridized carbons (Fsp3) is 0.250. The van der Waals surface area contributed by atoms with Gasteiger partial charge in [0.05, 0.1) is 29.4 Å². The topological polar surface area (TPSA) is 22.1 Å². The number of fused-ring (bicyclic) bond motifs is 2. The molecule has 0 saturated heterocycles. The Morgan fingerprint density at radius 1 is 1.38 bits per heavy atom. The van der Waals surface area contributed by atoms with Crippen molar-refractivity contribution in [3.63, 3.8) is 0 Å². The van der Waals surface area contributed by atoms with Gasteiger partial charge in [0.15, 0.2) is 0 Å². The summed E-state index contributed by atoms with van der Waals surface area (Å²) in [6, 6.07) is 6.15. The highest BCUT2D eigenvalue weighted by Gasteiger charge is 2.17. The third-order valence-electron chi connectivity index (χ3n) is 2.79. The van der Waals surface area contributed by atoms with Crippen molar-refractivity contribution in [1.29, 1.82) is 0 Å². The summed E-state index contributed by atoms with van der Waals surface area (Å²) in [5, 5.41) is 1.83. The van der Waals surface area contributed by atoms with Crippen LogP contribution in [-0.2, 0) is 17.8 Å². The van der Waals surface area contributed by atoms with Gasteiger partial charge in [0.25, 0.3) is 0 Å². The molecule has 0 unspecified atom stereocenters. The minimum absolute atomic E-state index is 0.586. The van der Waals surface area contributed by atoms with Crippen LogP contribution in [0.3, 0.4) is 0 Å². The van der Waals surface area contributed by atoms with Gasteiger partial charge >= 0.3 is 0 Å². The van der Waals surface area contributed by atoms with Crippen molar-refractivity contribution in [2.45, 2.75) is 13.0 Å². The summed E-state index contributed by atoms with van der Waals surface area (Å²) >= 11 is 8.69. The molecule has 2 nitrogen and oxygen atoms in total. The highest BCUT2D eigenvalue weighted by atomic mass is 127. The third kappa shape index (κ3) is 1.71. The largest absolute Gasteiger partial charge is 0.376 e. The van der Waals surface area contributed by atoms with Crippen LogP contribution in [-0.4, -0.2) is 11.6 Å². The van der Waals surface area contributed by atoms with Crippen LogP contribution in [0.5, 0.6) is 0 Å². The molecule has 0 fully saturated rings. The molecule has 0 atom stereocenters. The molecule has 0 N–H and O–H groups in total. The minimum atomic E-state index is 0.586. The molecule has 0 spiro atoms. The predicted octanol–water partition coefficient (Wildman–Crippen LogP) is 3.57. The summed E-state index contributed by atoms with van der Waals surface area (Å²) in [7, 11) is 0. The van der Waals surface area contributed by atoms with E-state index in [4.69, 9.17) is 16.3 Å². The van der Waals surface area contributed by atoms with Crippen molar-refractivity contribution >= 4 is 45.1 Å². The number of benzene rings is 1. The van der Waals surface area contributed by atoms with E-state index in [-0.39, 0.29) is 0 Å². The second kappa shape index (κ2) is 4.13. The fourth-order valence-corrected chi connectivity index (χ4v) is 2.79. The van der Waals surface area contributed by atoms with Gasteiger partial charge in [-0.05, 0) is 40.8 Å². The van der Waals surface area contributed by atoms with Gasteiger partial charge in [-0.2, -0.15) is 0 Å². The molecule has 1 aromatic heterocycles. The molecule has 4 heteroatoms. The number of aromatic nitrogens is 1. The maximum atomic E-state index is 6.41. The van der Waals surface area contributed by atoms with Gasteiger partial charge in [-0.15, -0.1) is 0 Å². The highest BCUT2D eigenvalue weighted by molar-refractivity contribution is 14.1. The molecule has 0 radical (unpaired) electrons. The third-order valence-corrected chi connectivity index (χ3v) is 3.90. The summed E-state index contributed by atoms with van der Waals surface area (Å²) in [5.41, 5.74) is 3.12. The lowest BCUT2D eigenvalue weighted by molar-refractivity contribution is 0.109. The Labute approximate surface area is 112 Å². The molecule has 16 heavy (non-hydrogen) atoms. The lowest BCUT2D eigenvalue weighted by Crippen LogP contribution is -2.12. The van der Waals surface area contributed by atoms with Gasteiger partial charge < -0.3 is 4.74 Å². The van der Waals surface area contributed by atoms with Gasteiger partial charge in [-0.3, -0.25) is 4.98 Å². The Kier molecular flexibility index (Phi) is 2.77. The Morgan fingerprint density at radius 3 is 3.12 bits per heavy atom. The first-order valence-electron chi connectivity index (χ1n) is 5.10. The smallest absolute Gasteiger partial charge is 0.0749 e. The standard InChI is InChI=1S/C12H9ClINO/c13-12-8-5-7(14)1-2-10(8)15-11-3-4-16-6-9(11)12/h1-2,5H,3-4,6H2. The Hall–Kier alpha value is -0.390. The van der Waals surface area contributed by atoms with Crippen LogP contribution in [0.1, 0.15) is 11.3 Å². The van der Waals surface area contributed by atoms with E-state index in [1.54, 1.807) is 0 Å². The van der Waals surface area contributed by atoms with Crippen LogP contribution in [0, 0.1) is 3.57 Å². The van der Waals surface area contributed by atoms with Gasteiger partial charge in [-0.1, -0.05) is 11.6 Å². The number of ether oxygens (including phenoxy) is 1. The van der Waals surface area contributed by atoms with Crippen molar-refractivity contribution in [3.05, 3.63) is 38.0 Å². The highest BCUT2D eigenvalue weighted by Crippen LogP contribution is 2.31. The molecular formula is C12H9ClINO. The van der Waals surface area contributed by atoms with E-state index in [1.807, 2.05) is 6.07 Å². The normalized spacial score (nSPS) is 15.1. The number of rotatable bonds is 0. The van der Waals surface area contributed by atoms with E-state index in [9.17, 15) is 0 Å². The molecule has 1 aromatic carbocycles. The Morgan fingerprint density at radius 2 is 2.25 bits per heavy atom. The van der Waals surface area contributed by atoms with E-state index in [0.717, 1.165) is 40.2 Å². The maximum absolute atomic E-state index is 6.41. The van der Waals surface area contributed by atoms with Crippen LogP contribution >= 0.6 is 34.2 Å². The van der Waals surface area contributed by atoms with Crippen molar-refractivity contribution in [2.75, 3.05) is 6.61 Å². The van der Waals surface area contributed by atoms with Gasteiger partial charge in [0.1, 0.15) is 0 Å². The van der Waals surface area contributed by atoms with Crippen LogP contribution < -0.4 is 0 Å². The van der Waals surface area contributed by atoms with Crippen molar-refractivity contribution < 1.29 is 4.74 Å². The lowest BCUT2D eigenvalue weighted by atomic mass is 10.1. The van der Waals surface area contributed by atoms with E-state index in [1.165, 1.54) is 3.57 Å². The fourth-order valence-electron chi connectivity index (χ4n) is 1.98. The molecule has 1 aliphatic rings. The van der Waals surface area contributed by atoms with Crippen LogP contribution in [0.15, 0.2) is 18.2 Å². The summed E-state index contributed by atoms with van der Waals surface area (Å²) in [6.45, 7) is 1.33. The molecule has 1 aliphatic heterocycles. The van der Waals surface area contributed by atoms with Crippen molar-refractivity contribution in [1.82, 2.24) is 4.98 Å². The predicted molar refractivity (Wildman–Crippen MR) is 72.8 cm³/mol. The zero-order valence-electron chi connectivity index (χ0n) is 8.46. The second-order valence-electron chi connectivity index (χ2n) is 3.82. The van der Waals surface area contributed by atoms with Crippen LogP contribution in [0.2, 0.25) is 5.02 Å². The average Bonchev–Trinajstić information content (AvgIpc) is 2.31. The molecule has 0 saturated carbocycles. The minimum Gasteiger partial charge on any atom is -0.376 e. The molecular weight excluding hydrogens is 336 g/mol. The van der Waals surface area contributed by atoms with Crippen LogP contribution in [0.4, 0.5) is 0 Å². The molecule has 3 rings (SSSR count). The summed E-state index contributed by atoms with van der Waals surface area (Å²) < 4.78 is 6.60. The Bertz CT molecular complexity index is 570. The molecule has 2 heterocycles. The van der Waals surface area contributed by atoms with Gasteiger partial charge in [0, 0.05) is 20.9 Å². The molecule has 0 bridgehead atoms. The van der Waals surface area contributed by atoms with E-state index in [2.05, 4.69) is 39.7 Å². The average molecular weight is 346 g/mol. The number of hydrogen-bond acceptors (Lipinski definition) is 2. The zero-order chi connectivity index (χ0) is 11.1. The zero-order valence-corrected chi connectivity index (χ0v) is 11.4. The first-order chi connectivity index (χ1) is 7.75. The molecule has 82 valence electrons. The monoisotopic (exact) mass is 345 g/mol. The van der Waals surface area contributed by atoms with Crippen molar-refractivity contribution in [3.8, 4) is 0 Å². The van der Waals surface area contributed by atoms with E-state index >= 15 is 0 Å². The summed E-state index contributed by atoms with van der Waals surface area (Å²) in [6.07, 6.45) is 0.858. The number of halogens is 2. The van der Waals surface area contributed by atoms with E-state index < -0.39 is 0 Å². The first-order valence-corrected chi connectivity index (χ1v) is 6.55. The molecule has 0 aliphatic carbocycles. The van der Waals surface area contributed by atoms with E-state index in [0.29, 0.717) is 6.61 Å². The molecule has 0 amide bonds. The maximum Gasteiger partial charge on any atom is 0.0749 e. The lowest BCUT2D eigenvalue weighted by Gasteiger charge is -2.18. The van der Waals surface area contributed by atoms with Crippen molar-refractivity contribution in [2.24, 2.45) is 0 Å². The van der Waals surface area contributed by atoms with Crippen LogP contribution in [0.25, 0.3) is 10.9 Å². The van der Waals surface area contributed by atoms with Gasteiger partial charge in [0.2, 0.25) is 0 Å². The Balaban J connectivity index is 2.35. The summed E-state index contributed by atoms with van der Waals surface area (Å²) in [5.74, 6) is 0. The first kappa shape index (κ1) is 10.7.